The molecule has 0 aliphatic carbocycles. The third kappa shape index (κ3) is 3.44. The van der Waals surface area contributed by atoms with Crippen molar-refractivity contribution in [3.63, 3.8) is 0 Å². The van der Waals surface area contributed by atoms with E-state index in [0.717, 1.165) is 22.7 Å². The number of aryl methyl sites for hydroxylation is 1. The highest BCUT2D eigenvalue weighted by Gasteiger charge is 2.10. The van der Waals surface area contributed by atoms with E-state index in [4.69, 9.17) is 33.3 Å². The van der Waals surface area contributed by atoms with Gasteiger partial charge in [-0.3, -0.25) is 9.67 Å². The van der Waals surface area contributed by atoms with Gasteiger partial charge in [-0.05, 0) is 61.1 Å². The van der Waals surface area contributed by atoms with Crippen molar-refractivity contribution in [2.45, 2.75) is 13.5 Å². The standard InChI is InChI=1S/C17H16ClN3O2S/c1-11-3-4-12(9-15(11)18)21-16(19-20-17(21)24)10-23-14-7-5-13(22-2)6-8-14/h3-9H,10H2,1-2H3,(H,20,24). The average Bonchev–Trinajstić information content (AvgIpc) is 2.96. The molecule has 0 aliphatic heterocycles. The van der Waals surface area contributed by atoms with Crippen LogP contribution in [0, 0.1) is 11.7 Å². The van der Waals surface area contributed by atoms with Gasteiger partial charge in [-0.25, -0.2) is 0 Å². The fourth-order valence-electron chi connectivity index (χ4n) is 2.23. The first-order valence-electron chi connectivity index (χ1n) is 7.28. The fraction of sp³-hybridized carbons (Fsp3) is 0.176. The van der Waals surface area contributed by atoms with Crippen molar-refractivity contribution in [1.82, 2.24) is 14.8 Å². The van der Waals surface area contributed by atoms with E-state index in [1.165, 1.54) is 0 Å². The van der Waals surface area contributed by atoms with Crippen LogP contribution >= 0.6 is 23.8 Å². The van der Waals surface area contributed by atoms with E-state index in [0.29, 0.717) is 15.6 Å². The molecule has 124 valence electrons. The number of nitrogens with zero attached hydrogens (tertiary/aromatic N) is 2. The maximum Gasteiger partial charge on any atom is 0.199 e. The molecule has 0 atom stereocenters. The second kappa shape index (κ2) is 7.07. The predicted octanol–water partition coefficient (Wildman–Crippen LogP) is 4.48. The number of methoxy groups -OCH3 is 1. The molecule has 2 aromatic carbocycles. The molecule has 0 unspecified atom stereocenters. The number of nitrogens with one attached hydrogen (secondary N) is 1. The van der Waals surface area contributed by atoms with E-state index in [9.17, 15) is 0 Å². The van der Waals surface area contributed by atoms with Gasteiger partial charge in [-0.1, -0.05) is 17.7 Å². The monoisotopic (exact) mass is 361 g/mol. The number of benzene rings is 2. The lowest BCUT2D eigenvalue weighted by atomic mass is 10.2. The minimum Gasteiger partial charge on any atom is -0.497 e. The molecule has 1 aromatic heterocycles. The van der Waals surface area contributed by atoms with Crippen LogP contribution in [0.25, 0.3) is 5.69 Å². The van der Waals surface area contributed by atoms with Crippen LogP contribution in [0.2, 0.25) is 5.02 Å². The first-order chi connectivity index (χ1) is 11.6. The molecule has 0 fully saturated rings. The molecular formula is C17H16ClN3O2S. The second-order valence-electron chi connectivity index (χ2n) is 5.18. The summed E-state index contributed by atoms with van der Waals surface area (Å²) in [6.07, 6.45) is 0. The molecule has 0 saturated heterocycles. The van der Waals surface area contributed by atoms with Crippen LogP contribution in [-0.4, -0.2) is 21.9 Å². The molecule has 7 heteroatoms. The molecule has 24 heavy (non-hydrogen) atoms. The van der Waals surface area contributed by atoms with Crippen molar-refractivity contribution in [2.24, 2.45) is 0 Å². The van der Waals surface area contributed by atoms with Gasteiger partial charge in [-0.2, -0.15) is 5.10 Å². The lowest BCUT2D eigenvalue weighted by Gasteiger charge is -2.10. The Balaban J connectivity index is 1.84. The Morgan fingerprint density at radius 2 is 1.88 bits per heavy atom. The van der Waals surface area contributed by atoms with Crippen LogP contribution in [0.1, 0.15) is 11.4 Å². The number of aromatic amines is 1. The molecule has 0 aliphatic rings. The molecule has 0 saturated carbocycles. The highest BCUT2D eigenvalue weighted by molar-refractivity contribution is 7.71. The number of ether oxygens (including phenoxy) is 2. The number of hydrogen-bond donors (Lipinski definition) is 1. The molecule has 0 bridgehead atoms. The van der Waals surface area contributed by atoms with Crippen LogP contribution in [0.15, 0.2) is 42.5 Å². The lowest BCUT2D eigenvalue weighted by molar-refractivity contribution is 0.292. The summed E-state index contributed by atoms with van der Waals surface area (Å²) in [6.45, 7) is 2.22. The van der Waals surface area contributed by atoms with E-state index in [-0.39, 0.29) is 6.61 Å². The minimum absolute atomic E-state index is 0.269. The summed E-state index contributed by atoms with van der Waals surface area (Å²) in [5.74, 6) is 2.16. The van der Waals surface area contributed by atoms with Crippen molar-refractivity contribution in [3.8, 4) is 17.2 Å². The molecule has 5 nitrogen and oxygen atoms in total. The zero-order chi connectivity index (χ0) is 17.1. The first-order valence-corrected chi connectivity index (χ1v) is 8.07. The number of halogens is 1. The van der Waals surface area contributed by atoms with Crippen LogP contribution < -0.4 is 9.47 Å². The van der Waals surface area contributed by atoms with Crippen LogP contribution in [0.5, 0.6) is 11.5 Å². The van der Waals surface area contributed by atoms with Crippen LogP contribution in [0.3, 0.4) is 0 Å². The van der Waals surface area contributed by atoms with E-state index < -0.39 is 0 Å². The topological polar surface area (TPSA) is 52.1 Å². The molecule has 3 rings (SSSR count). The summed E-state index contributed by atoms with van der Waals surface area (Å²) in [7, 11) is 1.63. The van der Waals surface area contributed by atoms with E-state index >= 15 is 0 Å². The Morgan fingerprint density at radius 1 is 1.17 bits per heavy atom. The van der Waals surface area contributed by atoms with Gasteiger partial charge in [0.25, 0.3) is 0 Å². The second-order valence-corrected chi connectivity index (χ2v) is 5.97. The average molecular weight is 362 g/mol. The Labute approximate surface area is 149 Å². The summed E-state index contributed by atoms with van der Waals surface area (Å²) in [6, 6.07) is 13.1. The zero-order valence-electron chi connectivity index (χ0n) is 13.2. The number of aromatic nitrogens is 3. The minimum atomic E-state index is 0.269. The Bertz CT molecular complexity index is 903. The number of H-pyrrole nitrogens is 1. The zero-order valence-corrected chi connectivity index (χ0v) is 14.8. The molecule has 0 radical (unpaired) electrons. The third-order valence-corrected chi connectivity index (χ3v) is 4.26. The SMILES string of the molecule is COc1ccc(OCc2n[nH]c(=S)n2-c2ccc(C)c(Cl)c2)cc1. The fourth-order valence-corrected chi connectivity index (χ4v) is 2.66. The molecule has 0 amide bonds. The van der Waals surface area contributed by atoms with Gasteiger partial charge in [0.05, 0.1) is 12.8 Å². The molecule has 1 N–H and O–H groups in total. The largest absolute Gasteiger partial charge is 0.497 e. The van der Waals surface area contributed by atoms with Gasteiger partial charge in [0.15, 0.2) is 10.6 Å². The lowest BCUT2D eigenvalue weighted by Crippen LogP contribution is -2.06. The van der Waals surface area contributed by atoms with Crippen molar-refractivity contribution in [2.75, 3.05) is 7.11 Å². The maximum atomic E-state index is 6.22. The van der Waals surface area contributed by atoms with Gasteiger partial charge in [0, 0.05) is 5.02 Å². The summed E-state index contributed by atoms with van der Waals surface area (Å²) < 4.78 is 13.2. The van der Waals surface area contributed by atoms with Gasteiger partial charge in [0.2, 0.25) is 0 Å². The predicted molar refractivity (Wildman–Crippen MR) is 95.8 cm³/mol. The number of rotatable bonds is 5. The Hall–Kier alpha value is -2.31. The van der Waals surface area contributed by atoms with Gasteiger partial charge >= 0.3 is 0 Å². The van der Waals surface area contributed by atoms with Crippen LogP contribution in [-0.2, 0) is 6.61 Å². The quantitative estimate of drug-likeness (QED) is 0.681. The molecular weight excluding hydrogens is 346 g/mol. The van der Waals surface area contributed by atoms with E-state index in [1.807, 2.05) is 54.0 Å². The summed E-state index contributed by atoms with van der Waals surface area (Å²) >= 11 is 11.5. The third-order valence-electron chi connectivity index (χ3n) is 3.58. The summed E-state index contributed by atoms with van der Waals surface area (Å²) in [5.41, 5.74) is 1.85. The Kier molecular flexibility index (Phi) is 4.87. The molecule has 3 aromatic rings. The normalized spacial score (nSPS) is 10.6. The van der Waals surface area contributed by atoms with Crippen molar-refractivity contribution in [3.05, 3.63) is 63.6 Å². The summed E-state index contributed by atoms with van der Waals surface area (Å²) in [5, 5.41) is 7.72. The smallest absolute Gasteiger partial charge is 0.199 e. The van der Waals surface area contributed by atoms with Crippen molar-refractivity contribution >= 4 is 23.8 Å². The maximum absolute atomic E-state index is 6.22. The van der Waals surface area contributed by atoms with Gasteiger partial charge < -0.3 is 9.47 Å². The van der Waals surface area contributed by atoms with Gasteiger partial charge in [-0.15, -0.1) is 0 Å². The molecule has 0 spiro atoms. The van der Waals surface area contributed by atoms with E-state index in [2.05, 4.69) is 10.2 Å². The summed E-state index contributed by atoms with van der Waals surface area (Å²) in [4.78, 5) is 0. The van der Waals surface area contributed by atoms with Crippen molar-refractivity contribution in [1.29, 1.82) is 0 Å². The first kappa shape index (κ1) is 16.5. The van der Waals surface area contributed by atoms with E-state index in [1.54, 1.807) is 7.11 Å². The highest BCUT2D eigenvalue weighted by atomic mass is 35.5. The van der Waals surface area contributed by atoms with Crippen LogP contribution in [0.4, 0.5) is 0 Å². The van der Waals surface area contributed by atoms with Crippen molar-refractivity contribution < 1.29 is 9.47 Å². The highest BCUT2D eigenvalue weighted by Crippen LogP contribution is 2.22. The van der Waals surface area contributed by atoms with Gasteiger partial charge in [0.1, 0.15) is 18.1 Å². The Morgan fingerprint density at radius 3 is 2.54 bits per heavy atom. The number of hydrogen-bond acceptors (Lipinski definition) is 4. The molecule has 1 heterocycles.